The van der Waals surface area contributed by atoms with Gasteiger partial charge in [-0.2, -0.15) is 0 Å². The Morgan fingerprint density at radius 2 is 1.62 bits per heavy atom. The summed E-state index contributed by atoms with van der Waals surface area (Å²) in [5, 5.41) is 0.454. The Balaban J connectivity index is 1.86. The Labute approximate surface area is 200 Å². The highest BCUT2D eigenvalue weighted by molar-refractivity contribution is 9.10. The summed E-state index contributed by atoms with van der Waals surface area (Å²) in [5.74, 6) is -1.70. The lowest BCUT2D eigenvalue weighted by Crippen LogP contribution is -2.44. The smallest absolute Gasteiger partial charge is 0.267 e. The van der Waals surface area contributed by atoms with Gasteiger partial charge in [-0.3, -0.25) is 9.59 Å². The number of hydrogen-bond donors (Lipinski definition) is 0. The Hall–Kier alpha value is -2.48. The van der Waals surface area contributed by atoms with Gasteiger partial charge in [-0.15, -0.1) is 0 Å². The molecule has 0 aromatic heterocycles. The zero-order valence-electron chi connectivity index (χ0n) is 17.0. The van der Waals surface area contributed by atoms with Gasteiger partial charge in [0.1, 0.15) is 6.04 Å². The number of nitrogens with zero attached hydrogens (tertiary/aromatic N) is 1. The van der Waals surface area contributed by atoms with Crippen LogP contribution in [0.25, 0.3) is 0 Å². The van der Waals surface area contributed by atoms with E-state index in [0.29, 0.717) is 15.1 Å². The van der Waals surface area contributed by atoms with Crippen molar-refractivity contribution in [1.82, 2.24) is 4.31 Å². The molecule has 1 aliphatic heterocycles. The van der Waals surface area contributed by atoms with Gasteiger partial charge >= 0.3 is 0 Å². The average molecular weight is 533 g/mol. The highest BCUT2D eigenvalue weighted by Gasteiger charge is 2.51. The molecule has 0 saturated carbocycles. The van der Waals surface area contributed by atoms with Gasteiger partial charge in [0.15, 0.2) is 5.78 Å². The van der Waals surface area contributed by atoms with E-state index in [2.05, 4.69) is 15.9 Å². The van der Waals surface area contributed by atoms with E-state index in [0.717, 1.165) is 9.87 Å². The van der Waals surface area contributed by atoms with Crippen molar-refractivity contribution < 1.29 is 18.0 Å². The van der Waals surface area contributed by atoms with Crippen LogP contribution >= 0.6 is 27.5 Å². The molecule has 164 valence electrons. The van der Waals surface area contributed by atoms with Crippen molar-refractivity contribution in [3.05, 3.63) is 99.0 Å². The maximum atomic E-state index is 13.6. The molecule has 0 aliphatic carbocycles. The fraction of sp³-hybridized carbons (Fsp3) is 0.167. The second kappa shape index (κ2) is 8.81. The first-order chi connectivity index (χ1) is 15.2. The zero-order chi connectivity index (χ0) is 23.0. The van der Waals surface area contributed by atoms with Crippen LogP contribution in [0, 0.1) is 6.92 Å². The molecular weight excluding hydrogens is 514 g/mol. The van der Waals surface area contributed by atoms with Gasteiger partial charge in [-0.1, -0.05) is 63.4 Å². The van der Waals surface area contributed by atoms with Crippen LogP contribution in [-0.4, -0.2) is 30.5 Å². The predicted octanol–water partition coefficient (Wildman–Crippen LogP) is 5.37. The minimum Gasteiger partial charge on any atom is -0.292 e. The molecule has 4 rings (SSSR count). The topological polar surface area (TPSA) is 71.5 Å². The van der Waals surface area contributed by atoms with Crippen LogP contribution in [0.2, 0.25) is 5.02 Å². The third-order valence-electron chi connectivity index (χ3n) is 5.55. The summed E-state index contributed by atoms with van der Waals surface area (Å²) in [7, 11) is -4.25. The molecule has 8 heteroatoms. The number of benzene rings is 3. The molecule has 2 atom stereocenters. The van der Waals surface area contributed by atoms with E-state index in [1.807, 2.05) is 13.0 Å². The van der Waals surface area contributed by atoms with E-state index in [9.17, 15) is 18.0 Å². The summed E-state index contributed by atoms with van der Waals surface area (Å²) in [6, 6.07) is 18.5. The number of Topliss-reactive ketones (excluding diaryl/α,β-unsaturated/α-hetero) is 1. The van der Waals surface area contributed by atoms with Gasteiger partial charge in [0.25, 0.3) is 10.0 Å². The van der Waals surface area contributed by atoms with Gasteiger partial charge in [-0.25, -0.2) is 12.7 Å². The zero-order valence-corrected chi connectivity index (χ0v) is 20.2. The van der Waals surface area contributed by atoms with Crippen molar-refractivity contribution in [3.63, 3.8) is 0 Å². The molecule has 32 heavy (non-hydrogen) atoms. The van der Waals surface area contributed by atoms with Gasteiger partial charge in [-0.05, 0) is 55.0 Å². The Morgan fingerprint density at radius 3 is 2.25 bits per heavy atom. The summed E-state index contributed by atoms with van der Waals surface area (Å²) < 4.78 is 28.5. The highest BCUT2D eigenvalue weighted by atomic mass is 79.9. The van der Waals surface area contributed by atoms with Crippen molar-refractivity contribution >= 4 is 49.2 Å². The van der Waals surface area contributed by atoms with Crippen LogP contribution in [-0.2, 0) is 14.8 Å². The van der Waals surface area contributed by atoms with Gasteiger partial charge in [0.2, 0.25) is 5.91 Å². The molecule has 0 spiro atoms. The number of hydrogen-bond acceptors (Lipinski definition) is 4. The van der Waals surface area contributed by atoms with E-state index in [1.54, 1.807) is 54.6 Å². The molecule has 1 saturated heterocycles. The van der Waals surface area contributed by atoms with E-state index in [1.165, 1.54) is 12.1 Å². The largest absolute Gasteiger partial charge is 0.292 e. The summed E-state index contributed by atoms with van der Waals surface area (Å²) >= 11 is 9.44. The molecule has 1 fully saturated rings. The Kier molecular flexibility index (Phi) is 6.25. The van der Waals surface area contributed by atoms with Crippen molar-refractivity contribution in [3.8, 4) is 0 Å². The Bertz CT molecular complexity index is 1290. The average Bonchev–Trinajstić information content (AvgIpc) is 3.12. The summed E-state index contributed by atoms with van der Waals surface area (Å²) in [6.45, 7) is 1.84. The van der Waals surface area contributed by atoms with Crippen LogP contribution in [0.3, 0.4) is 0 Å². The van der Waals surface area contributed by atoms with E-state index >= 15 is 0 Å². The number of aryl methyl sites for hydroxylation is 1. The minimum atomic E-state index is -4.25. The summed E-state index contributed by atoms with van der Waals surface area (Å²) in [4.78, 5) is 26.7. The number of sulfonamides is 1. The van der Waals surface area contributed by atoms with Crippen molar-refractivity contribution in [2.45, 2.75) is 30.2 Å². The number of halogens is 2. The van der Waals surface area contributed by atoms with Crippen molar-refractivity contribution in [1.29, 1.82) is 0 Å². The van der Waals surface area contributed by atoms with E-state index < -0.39 is 33.7 Å². The maximum absolute atomic E-state index is 13.6. The van der Waals surface area contributed by atoms with Crippen LogP contribution < -0.4 is 0 Å². The second-order valence-electron chi connectivity index (χ2n) is 7.66. The number of carbonyl (C=O) groups excluding carboxylic acids is 2. The lowest BCUT2D eigenvalue weighted by atomic mass is 9.87. The summed E-state index contributed by atoms with van der Waals surface area (Å²) in [6.07, 6.45) is -0.0995. The monoisotopic (exact) mass is 531 g/mol. The van der Waals surface area contributed by atoms with Gasteiger partial charge in [0.05, 0.1) is 4.90 Å². The van der Waals surface area contributed by atoms with Crippen molar-refractivity contribution in [2.75, 3.05) is 0 Å². The standard InChI is InChI=1S/C24H19BrClNO4S/c1-15-6-12-18(13-7-15)32(30,31)27-22(28)14-20(19-4-2-3-5-21(19)25)23(27)24(29)16-8-10-17(26)11-9-16/h2-13,20,23H,14H2,1H3/t20-,23+/m1/s1. The minimum absolute atomic E-state index is 0.0295. The second-order valence-corrected chi connectivity index (χ2v) is 10.8. The fourth-order valence-corrected chi connectivity index (χ4v) is 6.24. The molecule has 0 bridgehead atoms. The molecule has 1 heterocycles. The normalized spacial score (nSPS) is 18.7. The van der Waals surface area contributed by atoms with Crippen LogP contribution in [0.4, 0.5) is 0 Å². The quantitative estimate of drug-likeness (QED) is 0.414. The van der Waals surface area contributed by atoms with E-state index in [4.69, 9.17) is 11.6 Å². The lowest BCUT2D eigenvalue weighted by molar-refractivity contribution is -0.124. The summed E-state index contributed by atoms with van der Waals surface area (Å²) in [5.41, 5.74) is 1.88. The molecule has 5 nitrogen and oxygen atoms in total. The van der Waals surface area contributed by atoms with Gasteiger partial charge in [0, 0.05) is 27.4 Å². The number of rotatable bonds is 5. The SMILES string of the molecule is Cc1ccc(S(=O)(=O)N2C(=O)C[C@H](c3ccccc3Br)[C@H]2C(=O)c2ccc(Cl)cc2)cc1. The molecule has 0 N–H and O–H groups in total. The molecule has 1 amide bonds. The maximum Gasteiger partial charge on any atom is 0.267 e. The lowest BCUT2D eigenvalue weighted by Gasteiger charge is -2.27. The molecule has 3 aromatic carbocycles. The first-order valence-electron chi connectivity index (χ1n) is 9.88. The van der Waals surface area contributed by atoms with Crippen LogP contribution in [0.1, 0.15) is 33.8 Å². The number of carbonyl (C=O) groups is 2. The fourth-order valence-electron chi connectivity index (χ4n) is 3.95. The molecule has 3 aromatic rings. The van der Waals surface area contributed by atoms with Crippen LogP contribution in [0.15, 0.2) is 82.2 Å². The van der Waals surface area contributed by atoms with Crippen LogP contribution in [0.5, 0.6) is 0 Å². The number of amides is 1. The third kappa shape index (κ3) is 4.12. The molecule has 0 unspecified atom stereocenters. The first-order valence-corrected chi connectivity index (χ1v) is 12.5. The predicted molar refractivity (Wildman–Crippen MR) is 126 cm³/mol. The highest BCUT2D eigenvalue weighted by Crippen LogP contribution is 2.41. The molecule has 0 radical (unpaired) electrons. The molecular formula is C24H19BrClNO4S. The first kappa shape index (κ1) is 22.7. The molecule has 1 aliphatic rings. The van der Waals surface area contributed by atoms with Crippen molar-refractivity contribution in [2.24, 2.45) is 0 Å². The van der Waals surface area contributed by atoms with E-state index in [-0.39, 0.29) is 16.9 Å². The Morgan fingerprint density at radius 1 is 1.00 bits per heavy atom. The third-order valence-corrected chi connectivity index (χ3v) is 8.34. The van der Waals surface area contributed by atoms with Gasteiger partial charge < -0.3 is 0 Å². The number of ketones is 1.